The largest absolute Gasteiger partial charge is 0.393 e. The molecule has 0 saturated carbocycles. The highest BCUT2D eigenvalue weighted by Gasteiger charge is 2.14. The van der Waals surface area contributed by atoms with Crippen LogP contribution in [0.2, 0.25) is 0 Å². The van der Waals surface area contributed by atoms with Crippen LogP contribution in [0, 0.1) is 6.92 Å². The van der Waals surface area contributed by atoms with Gasteiger partial charge in [0.15, 0.2) is 0 Å². The molecule has 0 aliphatic carbocycles. The van der Waals surface area contributed by atoms with Crippen molar-refractivity contribution in [3.8, 4) is 11.1 Å². The van der Waals surface area contributed by atoms with Gasteiger partial charge in [-0.15, -0.1) is 11.3 Å². The number of thiophene rings is 1. The summed E-state index contributed by atoms with van der Waals surface area (Å²) in [6.45, 7) is 4.61. The number of benzene rings is 1. The molecule has 0 aliphatic rings. The number of carbonyl (C=O) groups excluding carboxylic acids is 1. The lowest BCUT2D eigenvalue weighted by Crippen LogP contribution is -2.24. The van der Waals surface area contributed by atoms with E-state index < -0.39 is 0 Å². The quantitative estimate of drug-likeness (QED) is 0.758. The molecule has 0 fully saturated rings. The minimum atomic E-state index is -0.262. The zero-order valence-electron chi connectivity index (χ0n) is 13.1. The van der Waals surface area contributed by atoms with Crippen LogP contribution < -0.4 is 5.32 Å². The van der Waals surface area contributed by atoms with Gasteiger partial charge in [0.1, 0.15) is 0 Å². The third-order valence-electron chi connectivity index (χ3n) is 3.70. The summed E-state index contributed by atoms with van der Waals surface area (Å²) in [7, 11) is 0. The highest BCUT2D eigenvalue weighted by atomic mass is 32.1. The monoisotopic (exact) mass is 317 g/mol. The fourth-order valence-corrected chi connectivity index (χ4v) is 3.10. The Morgan fingerprint density at radius 2 is 2.00 bits per heavy atom. The average molecular weight is 317 g/mol. The minimum absolute atomic E-state index is 0.0310. The van der Waals surface area contributed by atoms with E-state index >= 15 is 0 Å². The zero-order valence-corrected chi connectivity index (χ0v) is 14.0. The van der Waals surface area contributed by atoms with Gasteiger partial charge in [-0.25, -0.2) is 0 Å². The van der Waals surface area contributed by atoms with E-state index in [0.29, 0.717) is 6.54 Å². The Kier molecular flexibility index (Phi) is 6.16. The summed E-state index contributed by atoms with van der Waals surface area (Å²) in [5.41, 5.74) is 3.26. The molecular formula is C18H23NO2S. The van der Waals surface area contributed by atoms with E-state index in [1.54, 1.807) is 0 Å². The van der Waals surface area contributed by atoms with Crippen molar-refractivity contribution in [1.29, 1.82) is 0 Å². The summed E-state index contributed by atoms with van der Waals surface area (Å²) in [6, 6.07) is 10.2. The second kappa shape index (κ2) is 8.11. The van der Waals surface area contributed by atoms with Crippen molar-refractivity contribution in [3.05, 3.63) is 46.2 Å². The lowest BCUT2D eigenvalue weighted by molar-refractivity contribution is 0.0953. The highest BCUT2D eigenvalue weighted by Crippen LogP contribution is 2.28. The van der Waals surface area contributed by atoms with Crippen LogP contribution in [0.4, 0.5) is 0 Å². The van der Waals surface area contributed by atoms with Crippen LogP contribution in [0.1, 0.15) is 41.4 Å². The lowest BCUT2D eigenvalue weighted by Gasteiger charge is -2.09. The molecule has 22 heavy (non-hydrogen) atoms. The molecule has 0 aliphatic heterocycles. The van der Waals surface area contributed by atoms with Gasteiger partial charge in [0, 0.05) is 12.1 Å². The number of hydrogen-bond acceptors (Lipinski definition) is 3. The van der Waals surface area contributed by atoms with Crippen LogP contribution in [-0.2, 0) is 0 Å². The van der Waals surface area contributed by atoms with E-state index in [9.17, 15) is 9.90 Å². The topological polar surface area (TPSA) is 49.3 Å². The third-order valence-corrected chi connectivity index (χ3v) is 4.62. The smallest absolute Gasteiger partial charge is 0.261 e. The minimum Gasteiger partial charge on any atom is -0.393 e. The first-order valence-electron chi connectivity index (χ1n) is 7.72. The number of aliphatic hydroxyl groups is 1. The molecule has 1 aromatic heterocycles. The van der Waals surface area contributed by atoms with Crippen LogP contribution in [0.25, 0.3) is 11.1 Å². The SMILES string of the molecule is CC[C@@H](O)CCCNC(=O)c1sccc1-c1ccc(C)cc1. The Morgan fingerprint density at radius 1 is 1.27 bits per heavy atom. The summed E-state index contributed by atoms with van der Waals surface area (Å²) < 4.78 is 0. The maximum atomic E-state index is 12.3. The number of nitrogens with one attached hydrogen (secondary N) is 1. The third kappa shape index (κ3) is 4.42. The molecule has 4 heteroatoms. The number of aliphatic hydroxyl groups excluding tert-OH is 1. The van der Waals surface area contributed by atoms with Gasteiger partial charge in [-0.2, -0.15) is 0 Å². The lowest BCUT2D eigenvalue weighted by atomic mass is 10.0. The molecule has 2 N–H and O–H groups in total. The Balaban J connectivity index is 1.97. The van der Waals surface area contributed by atoms with E-state index in [0.717, 1.165) is 35.3 Å². The molecule has 0 saturated heterocycles. The van der Waals surface area contributed by atoms with E-state index in [1.807, 2.05) is 30.5 Å². The van der Waals surface area contributed by atoms with Gasteiger partial charge in [-0.05, 0) is 43.2 Å². The molecule has 1 aromatic carbocycles. The fraction of sp³-hybridized carbons (Fsp3) is 0.389. The first kappa shape index (κ1) is 16.7. The maximum Gasteiger partial charge on any atom is 0.261 e. The fourth-order valence-electron chi connectivity index (χ4n) is 2.27. The molecule has 1 atom stereocenters. The molecule has 0 bridgehead atoms. The molecular weight excluding hydrogens is 294 g/mol. The maximum absolute atomic E-state index is 12.3. The first-order valence-corrected chi connectivity index (χ1v) is 8.60. The zero-order chi connectivity index (χ0) is 15.9. The van der Waals surface area contributed by atoms with Gasteiger partial charge < -0.3 is 10.4 Å². The normalized spacial score (nSPS) is 12.1. The Morgan fingerprint density at radius 3 is 2.68 bits per heavy atom. The van der Waals surface area contributed by atoms with Crippen LogP contribution in [0.5, 0.6) is 0 Å². The molecule has 1 amide bonds. The van der Waals surface area contributed by atoms with E-state index in [1.165, 1.54) is 16.9 Å². The second-order valence-corrected chi connectivity index (χ2v) is 6.41. The summed E-state index contributed by atoms with van der Waals surface area (Å²) in [5.74, 6) is -0.0310. The van der Waals surface area contributed by atoms with Crippen molar-refractivity contribution in [2.45, 2.75) is 39.2 Å². The van der Waals surface area contributed by atoms with Gasteiger partial charge in [0.2, 0.25) is 0 Å². The van der Waals surface area contributed by atoms with Crippen molar-refractivity contribution in [3.63, 3.8) is 0 Å². The number of rotatable bonds is 7. The summed E-state index contributed by atoms with van der Waals surface area (Å²) in [4.78, 5) is 13.1. The van der Waals surface area contributed by atoms with Crippen LogP contribution in [-0.4, -0.2) is 23.7 Å². The molecule has 1 heterocycles. The van der Waals surface area contributed by atoms with Gasteiger partial charge in [0.25, 0.3) is 5.91 Å². The average Bonchev–Trinajstić information content (AvgIpc) is 3.01. The van der Waals surface area contributed by atoms with Gasteiger partial charge in [-0.3, -0.25) is 4.79 Å². The van der Waals surface area contributed by atoms with E-state index in [-0.39, 0.29) is 12.0 Å². The summed E-state index contributed by atoms with van der Waals surface area (Å²) in [6.07, 6.45) is 2.02. The van der Waals surface area contributed by atoms with Crippen molar-refractivity contribution in [2.75, 3.05) is 6.54 Å². The highest BCUT2D eigenvalue weighted by molar-refractivity contribution is 7.12. The van der Waals surface area contributed by atoms with Crippen molar-refractivity contribution in [2.24, 2.45) is 0 Å². The van der Waals surface area contributed by atoms with Crippen molar-refractivity contribution >= 4 is 17.2 Å². The molecule has 0 radical (unpaired) electrons. The van der Waals surface area contributed by atoms with Crippen LogP contribution in [0.3, 0.4) is 0 Å². The molecule has 0 unspecified atom stereocenters. The summed E-state index contributed by atoms with van der Waals surface area (Å²) in [5, 5.41) is 14.4. The van der Waals surface area contributed by atoms with Crippen molar-refractivity contribution < 1.29 is 9.90 Å². The number of aryl methyl sites for hydroxylation is 1. The molecule has 2 aromatic rings. The molecule has 0 spiro atoms. The first-order chi connectivity index (χ1) is 10.6. The van der Waals surface area contributed by atoms with E-state index in [2.05, 4.69) is 24.4 Å². The number of amides is 1. The molecule has 2 rings (SSSR count). The summed E-state index contributed by atoms with van der Waals surface area (Å²) >= 11 is 1.46. The Labute approximate surface area is 136 Å². The number of hydrogen-bond donors (Lipinski definition) is 2. The predicted octanol–water partition coefficient (Wildman–Crippen LogP) is 4.00. The van der Waals surface area contributed by atoms with Crippen LogP contribution in [0.15, 0.2) is 35.7 Å². The Bertz CT molecular complexity index is 604. The Hall–Kier alpha value is -1.65. The standard InChI is InChI=1S/C18H23NO2S/c1-3-15(20)5-4-11-19-18(21)17-16(10-12-22-17)14-8-6-13(2)7-9-14/h6-10,12,15,20H,3-5,11H2,1-2H3,(H,19,21)/t15-/m1/s1. The predicted molar refractivity (Wildman–Crippen MR) is 92.4 cm³/mol. The van der Waals surface area contributed by atoms with Gasteiger partial charge in [0.05, 0.1) is 11.0 Å². The number of carbonyl (C=O) groups is 1. The van der Waals surface area contributed by atoms with E-state index in [4.69, 9.17) is 0 Å². The van der Waals surface area contributed by atoms with Gasteiger partial charge in [-0.1, -0.05) is 36.8 Å². The van der Waals surface area contributed by atoms with Crippen LogP contribution >= 0.6 is 11.3 Å². The van der Waals surface area contributed by atoms with Gasteiger partial charge >= 0.3 is 0 Å². The second-order valence-electron chi connectivity index (χ2n) is 5.49. The van der Waals surface area contributed by atoms with Crippen molar-refractivity contribution in [1.82, 2.24) is 5.32 Å². The molecule has 3 nitrogen and oxygen atoms in total. The molecule has 118 valence electrons.